The molecule has 0 amide bonds. The van der Waals surface area contributed by atoms with Crippen LogP contribution in [-0.4, -0.2) is 12.2 Å². The van der Waals surface area contributed by atoms with E-state index >= 15 is 0 Å². The van der Waals surface area contributed by atoms with Crippen molar-refractivity contribution >= 4 is 0 Å². The molecule has 3 nitrogen and oxygen atoms in total. The number of para-hydroxylation sites is 1. The van der Waals surface area contributed by atoms with Gasteiger partial charge in [-0.25, -0.2) is 0 Å². The number of hydrogen-bond acceptors (Lipinski definition) is 3. The maximum Gasteiger partial charge on any atom is 0.184 e. The number of rotatable bonds is 8. The average molecular weight is 328 g/mol. The number of aryl methyl sites for hydroxylation is 1. The maximum absolute atomic E-state index is 6.01. The van der Waals surface area contributed by atoms with Crippen molar-refractivity contribution in [1.82, 2.24) is 0 Å². The van der Waals surface area contributed by atoms with Gasteiger partial charge in [0.15, 0.2) is 6.29 Å². The van der Waals surface area contributed by atoms with E-state index in [2.05, 4.69) is 6.07 Å². The third-order valence-electron chi connectivity index (χ3n) is 3.58. The first-order valence-electron chi connectivity index (χ1n) is 8.54. The number of ether oxygens (including phenoxy) is 3. The van der Waals surface area contributed by atoms with Crippen LogP contribution in [0.3, 0.4) is 0 Å². The topological polar surface area (TPSA) is 27.7 Å². The summed E-state index contributed by atoms with van der Waals surface area (Å²) in [5.74, 6) is 0.901. The number of benzene rings is 2. The van der Waals surface area contributed by atoms with Crippen molar-refractivity contribution < 1.29 is 14.2 Å². The minimum Gasteiger partial charge on any atom is -0.489 e. The van der Waals surface area contributed by atoms with E-state index in [9.17, 15) is 0 Å². The Morgan fingerprint density at radius 2 is 1.38 bits per heavy atom. The summed E-state index contributed by atoms with van der Waals surface area (Å²) in [4.78, 5) is 0. The molecule has 0 aliphatic carbocycles. The molecule has 0 aromatic heterocycles. The molecule has 0 fully saturated rings. The zero-order valence-electron chi connectivity index (χ0n) is 15.3. The Hall–Kier alpha value is -1.84. The number of hydrogen-bond donors (Lipinski definition) is 0. The van der Waals surface area contributed by atoms with E-state index in [-0.39, 0.29) is 18.5 Å². The first kappa shape index (κ1) is 18.5. The van der Waals surface area contributed by atoms with Gasteiger partial charge in [-0.1, -0.05) is 42.5 Å². The highest BCUT2D eigenvalue weighted by atomic mass is 16.7. The van der Waals surface area contributed by atoms with E-state index in [4.69, 9.17) is 14.2 Å². The van der Waals surface area contributed by atoms with Gasteiger partial charge in [0, 0.05) is 5.56 Å². The van der Waals surface area contributed by atoms with Crippen LogP contribution in [0.25, 0.3) is 0 Å². The molecule has 130 valence electrons. The lowest BCUT2D eigenvalue weighted by atomic mass is 10.1. The van der Waals surface area contributed by atoms with Crippen LogP contribution >= 0.6 is 0 Å². The van der Waals surface area contributed by atoms with Gasteiger partial charge in [-0.2, -0.15) is 0 Å². The van der Waals surface area contributed by atoms with Gasteiger partial charge in [0.25, 0.3) is 0 Å². The predicted molar refractivity (Wildman–Crippen MR) is 97.1 cm³/mol. The Balaban J connectivity index is 2.20. The van der Waals surface area contributed by atoms with Crippen molar-refractivity contribution in [3.8, 4) is 5.75 Å². The molecule has 24 heavy (non-hydrogen) atoms. The zero-order valence-corrected chi connectivity index (χ0v) is 15.3. The summed E-state index contributed by atoms with van der Waals surface area (Å²) in [6.07, 6.45) is -0.222. The first-order chi connectivity index (χ1) is 11.5. The molecule has 3 heteroatoms. The molecule has 0 saturated heterocycles. The summed E-state index contributed by atoms with van der Waals surface area (Å²) in [5.41, 5.74) is 3.23. The van der Waals surface area contributed by atoms with Crippen molar-refractivity contribution in [1.29, 1.82) is 0 Å². The van der Waals surface area contributed by atoms with Gasteiger partial charge in [-0.05, 0) is 51.8 Å². The quantitative estimate of drug-likeness (QED) is 0.605. The van der Waals surface area contributed by atoms with E-state index in [0.29, 0.717) is 6.61 Å². The Morgan fingerprint density at radius 3 is 2.00 bits per heavy atom. The maximum atomic E-state index is 6.01. The Bertz CT molecular complexity index is 624. The second-order valence-electron chi connectivity index (χ2n) is 6.45. The fraction of sp³-hybridized carbons (Fsp3) is 0.429. The van der Waals surface area contributed by atoms with Gasteiger partial charge in [-0.3, -0.25) is 0 Å². The van der Waals surface area contributed by atoms with Crippen LogP contribution < -0.4 is 4.74 Å². The third-order valence-corrected chi connectivity index (χ3v) is 3.58. The standard InChI is InChI=1S/C21H28O3/c1-15(2)23-21(24-16(3)4)19-12-8-7-11-18(19)14-22-20-13-9-6-10-17(20)5/h6-13,15-16,21H,14H2,1-5H3. The smallest absolute Gasteiger partial charge is 0.184 e. The summed E-state index contributed by atoms with van der Waals surface area (Å²) >= 11 is 0. The molecule has 0 heterocycles. The van der Waals surface area contributed by atoms with Crippen LogP contribution in [0.4, 0.5) is 0 Å². The van der Waals surface area contributed by atoms with Crippen molar-refractivity contribution in [2.75, 3.05) is 0 Å². The second-order valence-corrected chi connectivity index (χ2v) is 6.45. The lowest BCUT2D eigenvalue weighted by Gasteiger charge is -2.25. The van der Waals surface area contributed by atoms with E-state index in [1.54, 1.807) is 0 Å². The van der Waals surface area contributed by atoms with E-state index < -0.39 is 0 Å². The fourth-order valence-electron chi connectivity index (χ4n) is 2.44. The van der Waals surface area contributed by atoms with E-state index in [1.807, 2.05) is 77.1 Å². The molecule has 0 spiro atoms. The van der Waals surface area contributed by atoms with Gasteiger partial charge in [0.2, 0.25) is 0 Å². The van der Waals surface area contributed by atoms with Crippen LogP contribution in [0.2, 0.25) is 0 Å². The molecule has 2 aromatic carbocycles. The minimum absolute atomic E-state index is 0.0825. The Morgan fingerprint density at radius 1 is 0.792 bits per heavy atom. The van der Waals surface area contributed by atoms with Crippen LogP contribution in [-0.2, 0) is 16.1 Å². The molecule has 0 unspecified atom stereocenters. The van der Waals surface area contributed by atoms with Gasteiger partial charge < -0.3 is 14.2 Å². The average Bonchev–Trinajstić information content (AvgIpc) is 2.53. The summed E-state index contributed by atoms with van der Waals surface area (Å²) in [5, 5.41) is 0. The normalized spacial score (nSPS) is 11.5. The lowest BCUT2D eigenvalue weighted by molar-refractivity contribution is -0.186. The van der Waals surface area contributed by atoms with Crippen molar-refractivity contribution in [2.45, 2.75) is 59.7 Å². The van der Waals surface area contributed by atoms with Crippen molar-refractivity contribution in [3.05, 3.63) is 65.2 Å². The highest BCUT2D eigenvalue weighted by Crippen LogP contribution is 2.27. The highest BCUT2D eigenvalue weighted by Gasteiger charge is 2.19. The van der Waals surface area contributed by atoms with Crippen LogP contribution in [0, 0.1) is 6.92 Å². The highest BCUT2D eigenvalue weighted by molar-refractivity contribution is 5.33. The van der Waals surface area contributed by atoms with Gasteiger partial charge in [0.05, 0.1) is 12.2 Å². The monoisotopic (exact) mass is 328 g/mol. The molecule has 0 aliphatic heterocycles. The predicted octanol–water partition coefficient (Wildman–Crippen LogP) is 5.42. The van der Waals surface area contributed by atoms with Crippen LogP contribution in [0.5, 0.6) is 5.75 Å². The molecule has 0 saturated carbocycles. The van der Waals surface area contributed by atoms with Crippen LogP contribution in [0.1, 0.15) is 50.7 Å². The van der Waals surface area contributed by atoms with Gasteiger partial charge in [0.1, 0.15) is 12.4 Å². The molecule has 0 atom stereocenters. The van der Waals surface area contributed by atoms with E-state index in [1.165, 1.54) is 0 Å². The largest absolute Gasteiger partial charge is 0.489 e. The molecule has 0 N–H and O–H groups in total. The van der Waals surface area contributed by atoms with E-state index in [0.717, 1.165) is 22.4 Å². The summed E-state index contributed by atoms with van der Waals surface area (Å²) in [6.45, 7) is 10.6. The summed E-state index contributed by atoms with van der Waals surface area (Å²) in [6, 6.07) is 16.2. The van der Waals surface area contributed by atoms with Crippen LogP contribution in [0.15, 0.2) is 48.5 Å². The molecular formula is C21H28O3. The third kappa shape index (κ3) is 5.36. The lowest BCUT2D eigenvalue weighted by Crippen LogP contribution is -2.19. The van der Waals surface area contributed by atoms with Crippen molar-refractivity contribution in [3.63, 3.8) is 0 Å². The Kier molecular flexibility index (Phi) is 6.83. The summed E-state index contributed by atoms with van der Waals surface area (Å²) < 4.78 is 18.0. The molecule has 2 aromatic rings. The Labute approximate surface area is 145 Å². The minimum atomic E-state index is -0.387. The SMILES string of the molecule is Cc1ccccc1OCc1ccccc1C(OC(C)C)OC(C)C. The van der Waals surface area contributed by atoms with Crippen molar-refractivity contribution in [2.24, 2.45) is 0 Å². The van der Waals surface area contributed by atoms with Gasteiger partial charge in [-0.15, -0.1) is 0 Å². The zero-order chi connectivity index (χ0) is 17.5. The molecule has 0 aliphatic rings. The fourth-order valence-corrected chi connectivity index (χ4v) is 2.44. The second kappa shape index (κ2) is 8.86. The summed E-state index contributed by atoms with van der Waals surface area (Å²) in [7, 11) is 0. The molecular weight excluding hydrogens is 300 g/mol. The molecule has 0 bridgehead atoms. The molecule has 2 rings (SSSR count). The molecule has 0 radical (unpaired) electrons. The first-order valence-corrected chi connectivity index (χ1v) is 8.54. The van der Waals surface area contributed by atoms with Gasteiger partial charge >= 0.3 is 0 Å².